The van der Waals surface area contributed by atoms with E-state index in [2.05, 4.69) is 5.32 Å². The summed E-state index contributed by atoms with van der Waals surface area (Å²) >= 11 is 0. The Morgan fingerprint density at radius 2 is 1.87 bits per heavy atom. The molecule has 1 aromatic rings. The third-order valence-electron chi connectivity index (χ3n) is 4.44. The summed E-state index contributed by atoms with van der Waals surface area (Å²) in [5.41, 5.74) is 0. The molecule has 0 bridgehead atoms. The molecule has 1 amide bonds. The zero-order valence-electron chi connectivity index (χ0n) is 13.9. The van der Waals surface area contributed by atoms with Crippen LogP contribution in [0.25, 0.3) is 0 Å². The van der Waals surface area contributed by atoms with Crippen molar-refractivity contribution in [3.05, 3.63) is 30.3 Å². The van der Waals surface area contributed by atoms with Crippen molar-refractivity contribution >= 4 is 15.9 Å². The van der Waals surface area contributed by atoms with Gasteiger partial charge in [0.25, 0.3) is 0 Å². The van der Waals surface area contributed by atoms with E-state index in [1.807, 2.05) is 13.8 Å². The number of piperidine rings is 1. The predicted octanol–water partition coefficient (Wildman–Crippen LogP) is 2.53. The molecule has 1 N–H and O–H groups in total. The minimum absolute atomic E-state index is 0.103. The van der Waals surface area contributed by atoms with Gasteiger partial charge in [0.15, 0.2) is 0 Å². The van der Waals surface area contributed by atoms with E-state index in [1.165, 1.54) is 4.31 Å². The minimum Gasteiger partial charge on any atom is -0.352 e. The molecule has 5 nitrogen and oxygen atoms in total. The van der Waals surface area contributed by atoms with Crippen LogP contribution in [0.2, 0.25) is 0 Å². The second-order valence-electron chi connectivity index (χ2n) is 5.96. The summed E-state index contributed by atoms with van der Waals surface area (Å²) in [6.45, 7) is 4.44. The normalized spacial score (nSPS) is 19.7. The monoisotopic (exact) mass is 338 g/mol. The van der Waals surface area contributed by atoms with Crippen LogP contribution in [0.4, 0.5) is 0 Å². The summed E-state index contributed by atoms with van der Waals surface area (Å²) in [7, 11) is -3.63. The predicted molar refractivity (Wildman–Crippen MR) is 90.5 cm³/mol. The number of hydrogen-bond acceptors (Lipinski definition) is 3. The minimum atomic E-state index is -3.63. The zero-order chi connectivity index (χ0) is 16.9. The van der Waals surface area contributed by atoms with E-state index in [1.54, 1.807) is 30.3 Å². The van der Waals surface area contributed by atoms with Crippen molar-refractivity contribution in [3.8, 4) is 0 Å². The molecule has 6 heteroatoms. The summed E-state index contributed by atoms with van der Waals surface area (Å²) in [6, 6.07) is 7.86. The molecule has 0 radical (unpaired) electrons. The van der Waals surface area contributed by atoms with Crippen LogP contribution in [-0.4, -0.2) is 37.3 Å². The Morgan fingerprint density at radius 1 is 1.22 bits per heavy atom. The van der Waals surface area contributed by atoms with Crippen LogP contribution in [0, 0.1) is 0 Å². The molecule has 0 aromatic heterocycles. The van der Waals surface area contributed by atoms with Gasteiger partial charge in [0, 0.05) is 12.6 Å². The maximum absolute atomic E-state index is 12.9. The number of sulfonamides is 1. The summed E-state index contributed by atoms with van der Waals surface area (Å²) in [5.74, 6) is -0.169. The van der Waals surface area contributed by atoms with Gasteiger partial charge in [0.1, 0.15) is 6.04 Å². The van der Waals surface area contributed by atoms with Crippen molar-refractivity contribution in [3.63, 3.8) is 0 Å². The van der Waals surface area contributed by atoms with Gasteiger partial charge in [-0.25, -0.2) is 8.42 Å². The first-order valence-corrected chi connectivity index (χ1v) is 9.82. The highest BCUT2D eigenvalue weighted by Gasteiger charge is 2.37. The van der Waals surface area contributed by atoms with Gasteiger partial charge >= 0.3 is 0 Å². The first-order chi connectivity index (χ1) is 11.0. The van der Waals surface area contributed by atoms with Crippen LogP contribution < -0.4 is 5.32 Å². The van der Waals surface area contributed by atoms with Crippen molar-refractivity contribution in [2.75, 3.05) is 6.54 Å². The molecule has 1 saturated heterocycles. The fraction of sp³-hybridized carbons (Fsp3) is 0.588. The number of benzene rings is 1. The zero-order valence-corrected chi connectivity index (χ0v) is 14.7. The second-order valence-corrected chi connectivity index (χ2v) is 7.85. The van der Waals surface area contributed by atoms with Gasteiger partial charge in [-0.05, 0) is 37.8 Å². The lowest BCUT2D eigenvalue weighted by atomic mass is 10.0. The van der Waals surface area contributed by atoms with E-state index in [0.717, 1.165) is 25.7 Å². The lowest BCUT2D eigenvalue weighted by molar-refractivity contribution is -0.126. The molecule has 1 aromatic carbocycles. The van der Waals surface area contributed by atoms with Crippen molar-refractivity contribution in [2.24, 2.45) is 0 Å². The number of hydrogen-bond donors (Lipinski definition) is 1. The Labute approximate surface area is 139 Å². The number of rotatable bonds is 6. The van der Waals surface area contributed by atoms with Crippen molar-refractivity contribution in [2.45, 2.75) is 62.9 Å². The van der Waals surface area contributed by atoms with E-state index < -0.39 is 16.1 Å². The van der Waals surface area contributed by atoms with Gasteiger partial charge < -0.3 is 5.32 Å². The Hall–Kier alpha value is -1.40. The molecule has 23 heavy (non-hydrogen) atoms. The van der Waals surface area contributed by atoms with Crippen molar-refractivity contribution in [1.29, 1.82) is 0 Å². The third kappa shape index (κ3) is 4.12. The van der Waals surface area contributed by atoms with Gasteiger partial charge in [0.2, 0.25) is 15.9 Å². The summed E-state index contributed by atoms with van der Waals surface area (Å²) < 4.78 is 27.1. The molecule has 0 aliphatic carbocycles. The van der Waals surface area contributed by atoms with E-state index >= 15 is 0 Å². The lowest BCUT2D eigenvalue weighted by Gasteiger charge is -2.34. The van der Waals surface area contributed by atoms with E-state index in [0.29, 0.717) is 13.0 Å². The first-order valence-electron chi connectivity index (χ1n) is 8.38. The molecule has 0 spiro atoms. The maximum Gasteiger partial charge on any atom is 0.243 e. The number of nitrogens with zero attached hydrogens (tertiary/aromatic N) is 1. The average Bonchev–Trinajstić information content (AvgIpc) is 2.60. The van der Waals surface area contributed by atoms with Gasteiger partial charge in [-0.3, -0.25) is 4.79 Å². The summed E-state index contributed by atoms with van der Waals surface area (Å²) in [6.07, 6.45) is 3.95. The lowest BCUT2D eigenvalue weighted by Crippen LogP contribution is -2.53. The number of nitrogens with one attached hydrogen (secondary N) is 1. The molecule has 1 aliphatic heterocycles. The Bertz CT molecular complexity index is 612. The van der Waals surface area contributed by atoms with Crippen LogP contribution >= 0.6 is 0 Å². The summed E-state index contributed by atoms with van der Waals surface area (Å²) in [4.78, 5) is 12.8. The molecule has 1 unspecified atom stereocenters. The second kappa shape index (κ2) is 7.93. The Balaban J connectivity index is 2.23. The first kappa shape index (κ1) is 17.9. The highest BCUT2D eigenvalue weighted by molar-refractivity contribution is 7.89. The molecule has 1 aliphatic rings. The van der Waals surface area contributed by atoms with E-state index in [4.69, 9.17) is 0 Å². The molecule has 128 valence electrons. The maximum atomic E-state index is 12.9. The number of amides is 1. The highest BCUT2D eigenvalue weighted by atomic mass is 32.2. The van der Waals surface area contributed by atoms with Crippen LogP contribution in [0.15, 0.2) is 35.2 Å². The van der Waals surface area contributed by atoms with Crippen LogP contribution in [-0.2, 0) is 14.8 Å². The summed E-state index contributed by atoms with van der Waals surface area (Å²) in [5, 5.41) is 2.99. The fourth-order valence-electron chi connectivity index (χ4n) is 2.97. The number of carbonyl (C=O) groups is 1. The van der Waals surface area contributed by atoms with Gasteiger partial charge in [-0.1, -0.05) is 38.5 Å². The van der Waals surface area contributed by atoms with Gasteiger partial charge in [-0.15, -0.1) is 0 Å². The molecule has 1 heterocycles. The van der Waals surface area contributed by atoms with Crippen molar-refractivity contribution in [1.82, 2.24) is 9.62 Å². The van der Waals surface area contributed by atoms with Gasteiger partial charge in [0.05, 0.1) is 4.90 Å². The Morgan fingerprint density at radius 3 is 2.48 bits per heavy atom. The molecular formula is C17H26N2O3S. The smallest absolute Gasteiger partial charge is 0.243 e. The van der Waals surface area contributed by atoms with Crippen molar-refractivity contribution < 1.29 is 13.2 Å². The SMILES string of the molecule is CCC(CC)NC(=O)C1CCCCN1S(=O)(=O)c1ccccc1. The topological polar surface area (TPSA) is 66.5 Å². The molecular weight excluding hydrogens is 312 g/mol. The molecule has 1 fully saturated rings. The Kier molecular flexibility index (Phi) is 6.18. The largest absolute Gasteiger partial charge is 0.352 e. The van der Waals surface area contributed by atoms with E-state index in [-0.39, 0.29) is 16.8 Å². The van der Waals surface area contributed by atoms with Crippen LogP contribution in [0.3, 0.4) is 0 Å². The average molecular weight is 338 g/mol. The van der Waals surface area contributed by atoms with Crippen LogP contribution in [0.1, 0.15) is 46.0 Å². The standard InChI is InChI=1S/C17H26N2O3S/c1-3-14(4-2)18-17(20)16-12-8-9-13-19(16)23(21,22)15-10-6-5-7-11-15/h5-7,10-11,14,16H,3-4,8-9,12-13H2,1-2H3,(H,18,20). The third-order valence-corrected chi connectivity index (χ3v) is 6.36. The molecule has 0 saturated carbocycles. The highest BCUT2D eigenvalue weighted by Crippen LogP contribution is 2.25. The van der Waals surface area contributed by atoms with E-state index in [9.17, 15) is 13.2 Å². The quantitative estimate of drug-likeness (QED) is 0.867. The van der Waals surface area contributed by atoms with Gasteiger partial charge in [-0.2, -0.15) is 4.31 Å². The number of carbonyl (C=O) groups excluding carboxylic acids is 1. The molecule has 2 rings (SSSR count). The fourth-order valence-corrected chi connectivity index (χ4v) is 4.65. The van der Waals surface area contributed by atoms with Crippen LogP contribution in [0.5, 0.6) is 0 Å². The molecule has 1 atom stereocenters.